The molecule has 4 aromatic carbocycles. The third-order valence-corrected chi connectivity index (χ3v) is 7.98. The maximum absolute atomic E-state index is 12.1. The average molecular weight is 577 g/mol. The highest BCUT2D eigenvalue weighted by molar-refractivity contribution is 5.77. The van der Waals surface area contributed by atoms with Gasteiger partial charge in [0.25, 0.3) is 0 Å². The number of hydrogen-bond acceptors (Lipinski definition) is 5. The summed E-state index contributed by atoms with van der Waals surface area (Å²) in [6.07, 6.45) is 4.02. The van der Waals surface area contributed by atoms with Crippen LogP contribution in [0.2, 0.25) is 0 Å². The summed E-state index contributed by atoms with van der Waals surface area (Å²) in [5, 5.41) is 0. The van der Waals surface area contributed by atoms with E-state index in [0.29, 0.717) is 26.2 Å². The third-order valence-electron chi connectivity index (χ3n) is 7.98. The van der Waals surface area contributed by atoms with Crippen molar-refractivity contribution in [2.75, 3.05) is 26.9 Å². The monoisotopic (exact) mass is 576 g/mol. The second-order valence-electron chi connectivity index (χ2n) is 10.9. The van der Waals surface area contributed by atoms with E-state index in [1.807, 2.05) is 24.3 Å². The number of rotatable bonds is 12. The molecular formula is C38H40O5. The Morgan fingerprint density at radius 3 is 2.33 bits per heavy atom. The van der Waals surface area contributed by atoms with Gasteiger partial charge in [-0.2, -0.15) is 0 Å². The van der Waals surface area contributed by atoms with E-state index in [1.54, 1.807) is 6.92 Å². The Labute approximate surface area is 255 Å². The van der Waals surface area contributed by atoms with Crippen molar-refractivity contribution in [1.29, 1.82) is 0 Å². The number of methoxy groups -OCH3 is 1. The second-order valence-corrected chi connectivity index (χ2v) is 10.9. The molecule has 0 fully saturated rings. The minimum Gasteiger partial charge on any atom is -0.491 e. The molecule has 0 saturated carbocycles. The minimum atomic E-state index is -0.624. The van der Waals surface area contributed by atoms with Gasteiger partial charge in [0.1, 0.15) is 18.5 Å². The Hall–Kier alpha value is -4.19. The van der Waals surface area contributed by atoms with Crippen LogP contribution < -0.4 is 4.74 Å². The molecule has 0 amide bonds. The first-order valence-electron chi connectivity index (χ1n) is 15.0. The summed E-state index contributed by atoms with van der Waals surface area (Å²) in [7, 11) is 1.52. The average Bonchev–Trinajstić information content (AvgIpc) is 3.18. The summed E-state index contributed by atoms with van der Waals surface area (Å²) in [6, 6.07) is 31.6. The summed E-state index contributed by atoms with van der Waals surface area (Å²) in [4.78, 5) is 12.1. The fourth-order valence-corrected chi connectivity index (χ4v) is 5.54. The molecule has 0 bridgehead atoms. The van der Waals surface area contributed by atoms with Gasteiger partial charge in [0.05, 0.1) is 13.2 Å². The molecule has 3 unspecified atom stereocenters. The van der Waals surface area contributed by atoms with Crippen molar-refractivity contribution in [2.45, 2.75) is 45.3 Å². The van der Waals surface area contributed by atoms with E-state index in [9.17, 15) is 4.79 Å². The van der Waals surface area contributed by atoms with Crippen LogP contribution in [0, 0.1) is 6.92 Å². The van der Waals surface area contributed by atoms with Gasteiger partial charge >= 0.3 is 5.97 Å². The van der Waals surface area contributed by atoms with Gasteiger partial charge in [-0.1, -0.05) is 104 Å². The quantitative estimate of drug-likeness (QED) is 0.127. The number of fused-ring (bicyclic) bond motifs is 2. The largest absolute Gasteiger partial charge is 0.491 e. The van der Waals surface area contributed by atoms with Crippen LogP contribution in [-0.2, 0) is 25.4 Å². The number of ether oxygens (including phenoxy) is 4. The fraction of sp³-hybridized carbons (Fsp3) is 0.289. The number of carbonyl (C=O) groups excluding carboxylic acids is 1. The van der Waals surface area contributed by atoms with E-state index < -0.39 is 6.10 Å². The Morgan fingerprint density at radius 1 is 0.814 bits per heavy atom. The molecule has 5 heteroatoms. The van der Waals surface area contributed by atoms with Gasteiger partial charge < -0.3 is 18.9 Å². The van der Waals surface area contributed by atoms with Crippen LogP contribution in [-0.4, -0.2) is 39.0 Å². The number of hydrogen-bond donors (Lipinski definition) is 0. The van der Waals surface area contributed by atoms with Crippen molar-refractivity contribution in [1.82, 2.24) is 0 Å². The zero-order valence-electron chi connectivity index (χ0n) is 25.4. The Kier molecular flexibility index (Phi) is 10.1. The molecule has 0 aromatic heterocycles. The summed E-state index contributed by atoms with van der Waals surface area (Å²) in [5.74, 6) is 0.685. The Balaban J connectivity index is 1.27. The highest BCUT2D eigenvalue weighted by Crippen LogP contribution is 2.38. The van der Waals surface area contributed by atoms with Crippen molar-refractivity contribution < 1.29 is 23.7 Å². The zero-order chi connectivity index (χ0) is 30.2. The molecule has 0 aliphatic heterocycles. The summed E-state index contributed by atoms with van der Waals surface area (Å²) in [5.41, 5.74) is 9.41. The van der Waals surface area contributed by atoms with E-state index >= 15 is 0 Å². The number of esters is 1. The Morgan fingerprint density at radius 2 is 1.58 bits per heavy atom. The smallest absolute Gasteiger partial charge is 0.335 e. The third kappa shape index (κ3) is 7.42. The predicted molar refractivity (Wildman–Crippen MR) is 171 cm³/mol. The van der Waals surface area contributed by atoms with Crippen LogP contribution in [0.1, 0.15) is 70.4 Å². The van der Waals surface area contributed by atoms with E-state index in [-0.39, 0.29) is 18.0 Å². The molecule has 0 spiro atoms. The molecule has 5 nitrogen and oxygen atoms in total. The van der Waals surface area contributed by atoms with Crippen molar-refractivity contribution in [3.63, 3.8) is 0 Å². The van der Waals surface area contributed by atoms with Crippen LogP contribution in [0.3, 0.4) is 0 Å². The zero-order valence-corrected chi connectivity index (χ0v) is 25.4. The van der Waals surface area contributed by atoms with Gasteiger partial charge in [-0.15, -0.1) is 0 Å². The van der Waals surface area contributed by atoms with Gasteiger partial charge in [0.2, 0.25) is 0 Å². The van der Waals surface area contributed by atoms with E-state index in [2.05, 4.69) is 92.7 Å². The van der Waals surface area contributed by atoms with Crippen molar-refractivity contribution in [3.8, 4) is 5.75 Å². The highest BCUT2D eigenvalue weighted by atomic mass is 16.6. The summed E-state index contributed by atoms with van der Waals surface area (Å²) >= 11 is 0. The lowest BCUT2D eigenvalue weighted by molar-refractivity contribution is -0.154. The molecule has 43 heavy (non-hydrogen) atoms. The SMILES string of the molecule is CCOC(=O)C(Cc1ccc(OCCOC2c3ccc(C(C)c4ccccc4)cc3C=Cc3ccc(C)cc32)cc1)OC. The van der Waals surface area contributed by atoms with Crippen LogP contribution in [0.4, 0.5) is 0 Å². The molecule has 1 aliphatic rings. The van der Waals surface area contributed by atoms with Gasteiger partial charge in [-0.25, -0.2) is 4.79 Å². The lowest BCUT2D eigenvalue weighted by atomic mass is 9.89. The molecule has 0 heterocycles. The van der Waals surface area contributed by atoms with Crippen LogP contribution in [0.25, 0.3) is 12.2 Å². The molecule has 5 rings (SSSR count). The lowest BCUT2D eigenvalue weighted by Gasteiger charge is -2.23. The number of carbonyl (C=O) groups is 1. The van der Waals surface area contributed by atoms with E-state index in [0.717, 1.165) is 28.0 Å². The highest BCUT2D eigenvalue weighted by Gasteiger charge is 2.24. The van der Waals surface area contributed by atoms with Gasteiger partial charge in [0.15, 0.2) is 6.10 Å². The number of benzene rings is 4. The standard InChI is InChI=1S/C38H40O5/c1-5-41-38(39)36(40-4)24-28-12-18-33(19-13-28)42-21-22-43-37-34-20-17-31(27(3)29-9-7-6-8-10-29)25-32(34)16-15-30-14-11-26(2)23-35(30)37/h6-20,23,25,27,36-37H,5,21-22,24H2,1-4H3. The first kappa shape index (κ1) is 30.3. The molecule has 222 valence electrons. The fourth-order valence-electron chi connectivity index (χ4n) is 5.54. The van der Waals surface area contributed by atoms with Gasteiger partial charge in [-0.3, -0.25) is 0 Å². The molecule has 0 saturated heterocycles. The molecule has 0 N–H and O–H groups in total. The molecule has 4 aromatic rings. The van der Waals surface area contributed by atoms with Crippen LogP contribution in [0.5, 0.6) is 5.75 Å². The lowest BCUT2D eigenvalue weighted by Crippen LogP contribution is -2.27. The molecule has 0 radical (unpaired) electrons. The van der Waals surface area contributed by atoms with Crippen molar-refractivity contribution in [3.05, 3.63) is 136 Å². The first-order valence-corrected chi connectivity index (χ1v) is 15.0. The molecule has 3 atom stereocenters. The van der Waals surface area contributed by atoms with E-state index in [1.165, 1.54) is 29.4 Å². The van der Waals surface area contributed by atoms with Crippen molar-refractivity contribution >= 4 is 18.1 Å². The second kappa shape index (κ2) is 14.3. The Bertz CT molecular complexity index is 1540. The van der Waals surface area contributed by atoms with Crippen LogP contribution in [0.15, 0.2) is 91.0 Å². The molecular weight excluding hydrogens is 536 g/mol. The predicted octanol–water partition coefficient (Wildman–Crippen LogP) is 7.94. The van der Waals surface area contributed by atoms with Gasteiger partial charge in [-0.05, 0) is 64.9 Å². The molecule has 1 aliphatic carbocycles. The summed E-state index contributed by atoms with van der Waals surface area (Å²) in [6.45, 7) is 7.32. The van der Waals surface area contributed by atoms with E-state index in [4.69, 9.17) is 18.9 Å². The normalized spacial score (nSPS) is 15.1. The maximum Gasteiger partial charge on any atom is 0.335 e. The van der Waals surface area contributed by atoms with Gasteiger partial charge in [0, 0.05) is 19.4 Å². The summed E-state index contributed by atoms with van der Waals surface area (Å²) < 4.78 is 23.0. The van der Waals surface area contributed by atoms with Crippen LogP contribution >= 0.6 is 0 Å². The first-order chi connectivity index (χ1) is 21.0. The topological polar surface area (TPSA) is 54.0 Å². The number of aryl methyl sites for hydroxylation is 1. The minimum absolute atomic E-state index is 0.208. The maximum atomic E-state index is 12.1. The van der Waals surface area contributed by atoms with Crippen molar-refractivity contribution in [2.24, 2.45) is 0 Å².